The van der Waals surface area contributed by atoms with Crippen molar-refractivity contribution in [3.8, 4) is 0 Å². The van der Waals surface area contributed by atoms with Gasteiger partial charge in [-0.1, -0.05) is 12.1 Å². The van der Waals surface area contributed by atoms with Crippen molar-refractivity contribution >= 4 is 27.2 Å². The van der Waals surface area contributed by atoms with E-state index in [1.165, 1.54) is 17.4 Å². The predicted molar refractivity (Wildman–Crippen MR) is 78.3 cm³/mol. The number of hydrogen-bond acceptors (Lipinski definition) is 3. The molecule has 2 N–H and O–H groups in total. The molecule has 0 saturated heterocycles. The van der Waals surface area contributed by atoms with E-state index in [2.05, 4.69) is 4.98 Å². The highest BCUT2D eigenvalue weighted by Gasteiger charge is 2.30. The fourth-order valence-electron chi connectivity index (χ4n) is 2.04. The first-order chi connectivity index (χ1) is 9.91. The van der Waals surface area contributed by atoms with E-state index in [-0.39, 0.29) is 0 Å². The molecule has 1 aromatic heterocycles. The maximum absolute atomic E-state index is 12.7. The molecule has 2 nitrogen and oxygen atoms in total. The van der Waals surface area contributed by atoms with Crippen molar-refractivity contribution in [2.24, 2.45) is 0 Å². The van der Waals surface area contributed by atoms with Crippen LogP contribution in [0.3, 0.4) is 0 Å². The number of nitrogens with two attached hydrogens (primary N) is 1. The highest BCUT2D eigenvalue weighted by Crippen LogP contribution is 2.33. The van der Waals surface area contributed by atoms with Crippen LogP contribution in [0.5, 0.6) is 0 Å². The molecule has 3 aromatic rings. The number of nitrogens with zero attached hydrogens (tertiary/aromatic N) is 1. The van der Waals surface area contributed by atoms with E-state index in [0.717, 1.165) is 27.4 Å². The van der Waals surface area contributed by atoms with Gasteiger partial charge in [-0.15, -0.1) is 11.3 Å². The van der Waals surface area contributed by atoms with Crippen molar-refractivity contribution in [2.75, 3.05) is 5.73 Å². The summed E-state index contributed by atoms with van der Waals surface area (Å²) in [6.45, 7) is 0. The lowest BCUT2D eigenvalue weighted by Crippen LogP contribution is -2.03. The highest BCUT2D eigenvalue weighted by atomic mass is 32.1. The van der Waals surface area contributed by atoms with E-state index in [1.54, 1.807) is 12.1 Å². The van der Waals surface area contributed by atoms with Gasteiger partial charge in [0.2, 0.25) is 0 Å². The zero-order valence-corrected chi connectivity index (χ0v) is 11.6. The maximum atomic E-state index is 12.7. The summed E-state index contributed by atoms with van der Waals surface area (Å²) in [6, 6.07) is 11.0. The molecule has 21 heavy (non-hydrogen) atoms. The van der Waals surface area contributed by atoms with Gasteiger partial charge in [-0.2, -0.15) is 13.2 Å². The normalized spacial score (nSPS) is 12.0. The lowest BCUT2D eigenvalue weighted by molar-refractivity contribution is -0.137. The molecular weight excluding hydrogens is 297 g/mol. The quantitative estimate of drug-likeness (QED) is 0.709. The van der Waals surface area contributed by atoms with Gasteiger partial charge in [0.15, 0.2) is 0 Å². The first-order valence-corrected chi connectivity index (χ1v) is 7.04. The Kier molecular flexibility index (Phi) is 3.33. The van der Waals surface area contributed by atoms with Crippen LogP contribution < -0.4 is 5.73 Å². The van der Waals surface area contributed by atoms with Crippen LogP contribution in [0.25, 0.3) is 10.2 Å². The van der Waals surface area contributed by atoms with Gasteiger partial charge in [0, 0.05) is 12.1 Å². The van der Waals surface area contributed by atoms with Crippen LogP contribution in [0.2, 0.25) is 0 Å². The number of nitrogen functional groups attached to an aromatic ring is 1. The van der Waals surface area contributed by atoms with E-state index in [4.69, 9.17) is 5.73 Å². The molecule has 0 fully saturated rings. The molecule has 3 rings (SSSR count). The molecule has 0 unspecified atom stereocenters. The summed E-state index contributed by atoms with van der Waals surface area (Å²) in [5, 5.41) is 0.786. The summed E-state index contributed by atoms with van der Waals surface area (Å²) in [6.07, 6.45) is -3.75. The van der Waals surface area contributed by atoms with Crippen molar-refractivity contribution in [3.05, 3.63) is 58.6 Å². The van der Waals surface area contributed by atoms with Gasteiger partial charge in [-0.3, -0.25) is 0 Å². The molecule has 0 amide bonds. The second-order valence-corrected chi connectivity index (χ2v) is 5.82. The minimum atomic E-state index is -4.34. The lowest BCUT2D eigenvalue weighted by atomic mass is 10.1. The largest absolute Gasteiger partial charge is 0.416 e. The fraction of sp³-hybridized carbons (Fsp3) is 0.133. The number of fused-ring (bicyclic) bond motifs is 1. The molecule has 0 atom stereocenters. The molecule has 0 saturated carbocycles. The van der Waals surface area contributed by atoms with Crippen LogP contribution in [0.1, 0.15) is 16.1 Å². The third-order valence-corrected chi connectivity index (χ3v) is 4.13. The Labute approximate surface area is 123 Å². The molecule has 0 aliphatic carbocycles. The zero-order valence-electron chi connectivity index (χ0n) is 10.8. The average molecular weight is 308 g/mol. The van der Waals surface area contributed by atoms with Crippen molar-refractivity contribution in [3.63, 3.8) is 0 Å². The second-order valence-electron chi connectivity index (χ2n) is 4.71. The Balaban J connectivity index is 1.92. The molecule has 0 aliphatic rings. The van der Waals surface area contributed by atoms with Crippen molar-refractivity contribution in [1.82, 2.24) is 4.98 Å². The third-order valence-electron chi connectivity index (χ3n) is 3.09. The minimum Gasteiger partial charge on any atom is -0.399 e. The lowest BCUT2D eigenvalue weighted by Gasteiger charge is -2.04. The van der Waals surface area contributed by atoms with Gasteiger partial charge < -0.3 is 5.73 Å². The van der Waals surface area contributed by atoms with Crippen LogP contribution in [-0.4, -0.2) is 4.98 Å². The van der Waals surface area contributed by atoms with Gasteiger partial charge in [0.1, 0.15) is 0 Å². The number of rotatable bonds is 2. The second kappa shape index (κ2) is 5.04. The molecule has 108 valence electrons. The molecule has 1 heterocycles. The predicted octanol–water partition coefficient (Wildman–Crippen LogP) is 4.49. The number of halogens is 3. The van der Waals surface area contributed by atoms with Crippen molar-refractivity contribution in [1.29, 1.82) is 0 Å². The summed E-state index contributed by atoms with van der Waals surface area (Å²) in [5.74, 6) is 0. The monoisotopic (exact) mass is 308 g/mol. The Morgan fingerprint density at radius 1 is 1.05 bits per heavy atom. The molecule has 0 aliphatic heterocycles. The standard InChI is InChI=1S/C15H11F3N2S/c16-15(17,18)10-3-6-13-12(8-10)20-14(21-13)7-9-1-4-11(19)5-2-9/h1-6,8H,7,19H2. The zero-order chi connectivity index (χ0) is 15.0. The van der Waals surface area contributed by atoms with Gasteiger partial charge in [0.25, 0.3) is 0 Å². The number of hydrogen-bond donors (Lipinski definition) is 1. The van der Waals surface area contributed by atoms with E-state index in [1.807, 2.05) is 12.1 Å². The summed E-state index contributed by atoms with van der Waals surface area (Å²) in [4.78, 5) is 4.29. The number of alkyl halides is 3. The van der Waals surface area contributed by atoms with Crippen LogP contribution in [-0.2, 0) is 12.6 Å². The van der Waals surface area contributed by atoms with E-state index < -0.39 is 11.7 Å². The van der Waals surface area contributed by atoms with Crippen LogP contribution in [0.4, 0.5) is 18.9 Å². The third kappa shape index (κ3) is 3.00. The van der Waals surface area contributed by atoms with Crippen LogP contribution >= 0.6 is 11.3 Å². The molecule has 0 radical (unpaired) electrons. The first kappa shape index (κ1) is 13.9. The number of benzene rings is 2. The Morgan fingerprint density at radius 3 is 2.43 bits per heavy atom. The summed E-state index contributed by atoms with van der Waals surface area (Å²) in [7, 11) is 0. The summed E-state index contributed by atoms with van der Waals surface area (Å²) < 4.78 is 38.8. The Hall–Kier alpha value is -2.08. The van der Waals surface area contributed by atoms with Gasteiger partial charge in [-0.25, -0.2) is 4.98 Å². The molecule has 2 aromatic carbocycles. The SMILES string of the molecule is Nc1ccc(Cc2nc3cc(C(F)(F)F)ccc3s2)cc1. The summed E-state index contributed by atoms with van der Waals surface area (Å²) in [5.41, 5.74) is 7.05. The van der Waals surface area contributed by atoms with Crippen LogP contribution in [0.15, 0.2) is 42.5 Å². The molecule has 6 heteroatoms. The van der Waals surface area contributed by atoms with Gasteiger partial charge >= 0.3 is 6.18 Å². The minimum absolute atomic E-state index is 0.389. The van der Waals surface area contributed by atoms with E-state index in [9.17, 15) is 13.2 Å². The Morgan fingerprint density at radius 2 is 1.76 bits per heavy atom. The molecule has 0 bridgehead atoms. The van der Waals surface area contributed by atoms with Gasteiger partial charge in [-0.05, 0) is 35.9 Å². The van der Waals surface area contributed by atoms with Gasteiger partial charge in [0.05, 0.1) is 20.8 Å². The summed E-state index contributed by atoms with van der Waals surface area (Å²) >= 11 is 1.41. The van der Waals surface area contributed by atoms with Crippen molar-refractivity contribution < 1.29 is 13.2 Å². The topological polar surface area (TPSA) is 38.9 Å². The molecular formula is C15H11F3N2S. The maximum Gasteiger partial charge on any atom is 0.416 e. The molecule has 0 spiro atoms. The van der Waals surface area contributed by atoms with E-state index in [0.29, 0.717) is 17.6 Å². The van der Waals surface area contributed by atoms with Crippen molar-refractivity contribution in [2.45, 2.75) is 12.6 Å². The first-order valence-electron chi connectivity index (χ1n) is 6.23. The average Bonchev–Trinajstić information content (AvgIpc) is 2.81. The smallest absolute Gasteiger partial charge is 0.399 e. The number of thiazole rings is 1. The Bertz CT molecular complexity index is 776. The highest BCUT2D eigenvalue weighted by molar-refractivity contribution is 7.18. The number of aromatic nitrogens is 1. The van der Waals surface area contributed by atoms with E-state index >= 15 is 0 Å². The number of anilines is 1. The fourth-order valence-corrected chi connectivity index (χ4v) is 3.02. The van der Waals surface area contributed by atoms with Crippen LogP contribution in [0, 0.1) is 0 Å².